The summed E-state index contributed by atoms with van der Waals surface area (Å²) in [6, 6.07) is 13.4. The molecular weight excluding hydrogens is 473 g/mol. The molecule has 2 aliphatic rings. The van der Waals surface area contributed by atoms with Gasteiger partial charge in [0.1, 0.15) is 30.0 Å². The summed E-state index contributed by atoms with van der Waals surface area (Å²) in [5.41, 5.74) is -0.427. The number of anilines is 1. The first-order chi connectivity index (χ1) is 17.3. The summed E-state index contributed by atoms with van der Waals surface area (Å²) in [4.78, 5) is 18.9. The highest BCUT2D eigenvalue weighted by Crippen LogP contribution is 2.34. The second-order valence-electron chi connectivity index (χ2n) is 8.88. The topological polar surface area (TPSA) is 80.4 Å². The predicted molar refractivity (Wildman–Crippen MR) is 125 cm³/mol. The highest BCUT2D eigenvalue weighted by Gasteiger charge is 2.31. The predicted octanol–water partition coefficient (Wildman–Crippen LogP) is 5.27. The van der Waals surface area contributed by atoms with Gasteiger partial charge in [-0.2, -0.15) is 23.4 Å². The van der Waals surface area contributed by atoms with E-state index in [9.17, 15) is 23.2 Å². The molecule has 36 heavy (non-hydrogen) atoms. The van der Waals surface area contributed by atoms with Crippen molar-refractivity contribution in [2.75, 3.05) is 11.4 Å². The fourth-order valence-electron chi connectivity index (χ4n) is 4.74. The number of hydrogen-bond acceptors (Lipinski definition) is 6. The molecule has 0 N–H and O–H groups in total. The molecule has 2 aliphatic heterocycles. The van der Waals surface area contributed by atoms with Gasteiger partial charge < -0.3 is 14.4 Å². The summed E-state index contributed by atoms with van der Waals surface area (Å²) >= 11 is 0. The number of benzene rings is 2. The summed E-state index contributed by atoms with van der Waals surface area (Å²) in [5, 5.41) is 9.56. The number of nitriles is 1. The highest BCUT2D eigenvalue weighted by molar-refractivity contribution is 5.48. The Balaban J connectivity index is 1.32. The van der Waals surface area contributed by atoms with Gasteiger partial charge in [-0.3, -0.25) is 4.57 Å². The van der Waals surface area contributed by atoms with Crippen LogP contribution in [0.25, 0.3) is 0 Å². The van der Waals surface area contributed by atoms with E-state index < -0.39 is 11.7 Å². The van der Waals surface area contributed by atoms with Gasteiger partial charge in [0.05, 0.1) is 11.1 Å². The normalized spacial score (nSPS) is 17.1. The molecule has 0 saturated carbocycles. The van der Waals surface area contributed by atoms with Crippen LogP contribution < -0.4 is 20.1 Å². The molecule has 186 valence electrons. The minimum absolute atomic E-state index is 0.0277. The minimum atomic E-state index is -4.50. The van der Waals surface area contributed by atoms with E-state index in [0.717, 1.165) is 43.8 Å². The molecule has 0 amide bonds. The lowest BCUT2D eigenvalue weighted by Gasteiger charge is -2.42. The molecule has 1 saturated heterocycles. The van der Waals surface area contributed by atoms with Crippen LogP contribution >= 0.6 is 0 Å². The van der Waals surface area contributed by atoms with E-state index in [4.69, 9.17) is 9.47 Å². The molecule has 5 rings (SSSR count). The number of aromatic nitrogens is 2. The summed E-state index contributed by atoms with van der Waals surface area (Å²) < 4.78 is 52.0. The Morgan fingerprint density at radius 3 is 2.75 bits per heavy atom. The fraction of sp³-hybridized carbons (Fsp3) is 0.346. The number of ether oxygens (including phenoxy) is 2. The van der Waals surface area contributed by atoms with Crippen LogP contribution in [0.15, 0.2) is 53.3 Å². The number of nitrogens with zero attached hydrogens (tertiary/aromatic N) is 4. The summed E-state index contributed by atoms with van der Waals surface area (Å²) in [7, 11) is 0. The van der Waals surface area contributed by atoms with Crippen molar-refractivity contribution in [2.24, 2.45) is 0 Å². The monoisotopic (exact) mass is 496 g/mol. The molecule has 1 aromatic heterocycles. The lowest BCUT2D eigenvalue weighted by Crippen LogP contribution is -2.47. The smallest absolute Gasteiger partial charge is 0.416 e. The molecule has 3 aromatic rings. The van der Waals surface area contributed by atoms with E-state index in [1.807, 2.05) is 6.07 Å². The van der Waals surface area contributed by atoms with E-state index >= 15 is 0 Å². The lowest BCUT2D eigenvalue weighted by atomic mass is 9.97. The molecule has 1 unspecified atom stereocenters. The van der Waals surface area contributed by atoms with E-state index in [1.54, 1.807) is 16.7 Å². The van der Waals surface area contributed by atoms with E-state index in [0.29, 0.717) is 18.2 Å². The number of piperidine rings is 1. The number of alkyl halides is 3. The maximum absolute atomic E-state index is 13.0. The molecule has 1 atom stereocenters. The average molecular weight is 496 g/mol. The molecule has 0 radical (unpaired) electrons. The van der Waals surface area contributed by atoms with Gasteiger partial charge in [-0.15, -0.1) is 0 Å². The average Bonchev–Trinajstić information content (AvgIpc) is 2.87. The molecule has 1 fully saturated rings. The van der Waals surface area contributed by atoms with E-state index in [2.05, 4.69) is 9.88 Å². The zero-order chi connectivity index (χ0) is 25.3. The SMILES string of the molecule is N#Cc1cc(COc2cc3n(c(=O)n2)CCC2CCCCN32)ccc1Oc1cccc(C(F)(F)F)c1. The van der Waals surface area contributed by atoms with Crippen LogP contribution in [0.3, 0.4) is 0 Å². The summed E-state index contributed by atoms with van der Waals surface area (Å²) in [6.45, 7) is 1.59. The Labute approximate surface area is 205 Å². The van der Waals surface area contributed by atoms with Crippen molar-refractivity contribution >= 4 is 5.82 Å². The van der Waals surface area contributed by atoms with Gasteiger partial charge in [0, 0.05) is 25.2 Å². The maximum atomic E-state index is 13.0. The third kappa shape index (κ3) is 4.87. The highest BCUT2D eigenvalue weighted by atomic mass is 19.4. The molecule has 2 aromatic carbocycles. The first-order valence-corrected chi connectivity index (χ1v) is 11.7. The zero-order valence-electron chi connectivity index (χ0n) is 19.3. The van der Waals surface area contributed by atoms with E-state index in [-0.39, 0.29) is 35.2 Å². The van der Waals surface area contributed by atoms with Crippen molar-refractivity contribution in [3.63, 3.8) is 0 Å². The number of fused-ring (bicyclic) bond motifs is 3. The number of hydrogen-bond donors (Lipinski definition) is 0. The molecule has 10 heteroatoms. The second-order valence-corrected chi connectivity index (χ2v) is 8.88. The van der Waals surface area contributed by atoms with Crippen LogP contribution in [-0.4, -0.2) is 22.1 Å². The number of halogens is 3. The largest absolute Gasteiger partial charge is 0.473 e. The van der Waals surface area contributed by atoms with Crippen LogP contribution in [0.5, 0.6) is 17.4 Å². The molecule has 0 aliphatic carbocycles. The van der Waals surface area contributed by atoms with Gasteiger partial charge in [-0.25, -0.2) is 4.79 Å². The van der Waals surface area contributed by atoms with Gasteiger partial charge >= 0.3 is 11.9 Å². The Bertz CT molecular complexity index is 1380. The molecule has 0 spiro atoms. The first kappa shape index (κ1) is 23.7. The standard InChI is InChI=1S/C26H23F3N4O3/c27-26(28,29)19-4-3-6-21(13-19)36-22-8-7-17(12-18(22)15-30)16-35-23-14-24-32-10-2-1-5-20(32)9-11-33(24)25(34)31-23/h3-4,6-8,12-14,20H,1-2,5,9-11,16H2. The summed E-state index contributed by atoms with van der Waals surface area (Å²) in [6.07, 6.45) is -0.191. The van der Waals surface area contributed by atoms with Crippen LogP contribution in [-0.2, 0) is 19.3 Å². The van der Waals surface area contributed by atoms with Gasteiger partial charge in [0.25, 0.3) is 0 Å². The zero-order valence-corrected chi connectivity index (χ0v) is 19.3. The van der Waals surface area contributed by atoms with Crippen LogP contribution in [0.4, 0.5) is 19.0 Å². The Morgan fingerprint density at radius 1 is 1.08 bits per heavy atom. The number of rotatable bonds is 5. The van der Waals surface area contributed by atoms with Crippen molar-refractivity contribution < 1.29 is 22.6 Å². The molecule has 3 heterocycles. The minimum Gasteiger partial charge on any atom is -0.473 e. The fourth-order valence-corrected chi connectivity index (χ4v) is 4.74. The van der Waals surface area contributed by atoms with Crippen molar-refractivity contribution in [1.29, 1.82) is 5.26 Å². The van der Waals surface area contributed by atoms with Gasteiger partial charge in [-0.05, 0) is 61.6 Å². The van der Waals surface area contributed by atoms with Crippen molar-refractivity contribution in [3.8, 4) is 23.4 Å². The van der Waals surface area contributed by atoms with Gasteiger partial charge in [-0.1, -0.05) is 12.1 Å². The van der Waals surface area contributed by atoms with Crippen LogP contribution in [0.2, 0.25) is 0 Å². The third-order valence-electron chi connectivity index (χ3n) is 6.51. The van der Waals surface area contributed by atoms with Crippen molar-refractivity contribution in [1.82, 2.24) is 9.55 Å². The maximum Gasteiger partial charge on any atom is 0.416 e. The Morgan fingerprint density at radius 2 is 1.94 bits per heavy atom. The van der Waals surface area contributed by atoms with Crippen LogP contribution in [0.1, 0.15) is 42.4 Å². The first-order valence-electron chi connectivity index (χ1n) is 11.7. The lowest BCUT2D eigenvalue weighted by molar-refractivity contribution is -0.137. The van der Waals surface area contributed by atoms with Crippen molar-refractivity contribution in [3.05, 3.63) is 75.7 Å². The third-order valence-corrected chi connectivity index (χ3v) is 6.51. The Kier molecular flexibility index (Phi) is 6.31. The quantitative estimate of drug-likeness (QED) is 0.479. The summed E-state index contributed by atoms with van der Waals surface area (Å²) in [5.74, 6) is 1.13. The molecular formula is C26H23F3N4O3. The second kappa shape index (κ2) is 9.57. The van der Waals surface area contributed by atoms with Crippen LogP contribution in [0, 0.1) is 11.3 Å². The van der Waals surface area contributed by atoms with Gasteiger partial charge in [0.2, 0.25) is 5.88 Å². The molecule has 7 nitrogen and oxygen atoms in total. The Hall–Kier alpha value is -4.00. The van der Waals surface area contributed by atoms with E-state index in [1.165, 1.54) is 30.7 Å². The van der Waals surface area contributed by atoms with Gasteiger partial charge in [0.15, 0.2) is 0 Å². The molecule has 0 bridgehead atoms. The van der Waals surface area contributed by atoms with Crippen molar-refractivity contribution in [2.45, 2.75) is 51.1 Å².